The molecule has 0 amide bonds. The quantitative estimate of drug-likeness (QED) is 0.325. The summed E-state index contributed by atoms with van der Waals surface area (Å²) >= 11 is 0. The molecule has 0 aromatic carbocycles. The van der Waals surface area contributed by atoms with Crippen LogP contribution in [0.2, 0.25) is 0 Å². The van der Waals surface area contributed by atoms with Gasteiger partial charge in [0.25, 0.3) is 0 Å². The van der Waals surface area contributed by atoms with Crippen LogP contribution in [0.5, 0.6) is 0 Å². The average Bonchev–Trinajstić information content (AvgIpc) is 1.38. The van der Waals surface area contributed by atoms with Crippen molar-refractivity contribution in [3.63, 3.8) is 0 Å². The van der Waals surface area contributed by atoms with Crippen molar-refractivity contribution in [1.82, 2.24) is 0 Å². The van der Waals surface area contributed by atoms with Crippen LogP contribution in [0.25, 0.3) is 0 Å². The third-order valence-corrected chi connectivity index (χ3v) is 0.418. The maximum absolute atomic E-state index is 8.14. The summed E-state index contributed by atoms with van der Waals surface area (Å²) in [5.74, 6) is 0. The van der Waals surface area contributed by atoms with Gasteiger partial charge in [-0.2, -0.15) is 0 Å². The van der Waals surface area contributed by atoms with E-state index < -0.39 is 6.23 Å². The van der Waals surface area contributed by atoms with Crippen LogP contribution in [0.4, 0.5) is 0 Å². The zero-order valence-electron chi connectivity index (χ0n) is 3.31. The predicted molar refractivity (Wildman–Crippen MR) is 34.8 cm³/mol. The third-order valence-electron chi connectivity index (χ3n) is 0.418. The number of aliphatic hydroxyl groups excluding tert-OH is 1. The van der Waals surface area contributed by atoms with E-state index >= 15 is 0 Å². The molecule has 0 aromatic heterocycles. The predicted octanol–water partition coefficient (Wildman–Crippen LogP) is -1.62. The molecule has 0 fully saturated rings. The molecule has 2 nitrogen and oxygen atoms in total. The molecular formula is C3H11NNa2O. The van der Waals surface area contributed by atoms with Gasteiger partial charge in [0, 0.05) is 0 Å². The molecule has 0 aromatic rings. The van der Waals surface area contributed by atoms with E-state index in [4.69, 9.17) is 10.8 Å². The van der Waals surface area contributed by atoms with Crippen LogP contribution in [0.15, 0.2) is 0 Å². The Kier molecular flexibility index (Phi) is 24.7. The maximum atomic E-state index is 8.14. The van der Waals surface area contributed by atoms with E-state index in [-0.39, 0.29) is 59.1 Å². The van der Waals surface area contributed by atoms with E-state index in [9.17, 15) is 0 Å². The van der Waals surface area contributed by atoms with Crippen molar-refractivity contribution >= 4 is 59.1 Å². The molecule has 0 bridgehead atoms. The van der Waals surface area contributed by atoms with Crippen molar-refractivity contribution < 1.29 is 5.11 Å². The minimum atomic E-state index is -0.616. The third kappa shape index (κ3) is 18.1. The van der Waals surface area contributed by atoms with Gasteiger partial charge in [0.1, 0.15) is 6.23 Å². The zero-order chi connectivity index (χ0) is 4.28. The first-order chi connectivity index (χ1) is 2.27. The Morgan fingerprint density at radius 1 is 1.57 bits per heavy atom. The first kappa shape index (κ1) is 16.0. The summed E-state index contributed by atoms with van der Waals surface area (Å²) in [6.45, 7) is 1.82. The van der Waals surface area contributed by atoms with E-state index in [0.717, 1.165) is 0 Å². The molecule has 0 aliphatic heterocycles. The molecule has 3 N–H and O–H groups in total. The molecule has 4 heteroatoms. The van der Waals surface area contributed by atoms with Crippen LogP contribution >= 0.6 is 0 Å². The molecule has 1 atom stereocenters. The summed E-state index contributed by atoms with van der Waals surface area (Å²) < 4.78 is 0. The van der Waals surface area contributed by atoms with Gasteiger partial charge < -0.3 is 10.8 Å². The van der Waals surface area contributed by atoms with E-state index in [2.05, 4.69) is 0 Å². The fourth-order valence-electron chi connectivity index (χ4n) is 0. The second-order valence-corrected chi connectivity index (χ2v) is 0.976. The molecule has 0 radical (unpaired) electrons. The van der Waals surface area contributed by atoms with Gasteiger partial charge in [-0.05, 0) is 6.42 Å². The standard InChI is InChI=1S/C3H9NO.2Na.2H/c1-2-3(4)5;;;;/h3,5H,2,4H2,1H3;;;;. The summed E-state index contributed by atoms with van der Waals surface area (Å²) in [7, 11) is 0. The second kappa shape index (κ2) is 10.8. The topological polar surface area (TPSA) is 46.2 Å². The van der Waals surface area contributed by atoms with Gasteiger partial charge in [0.15, 0.2) is 0 Å². The molecule has 36 valence electrons. The molecular weight excluding hydrogens is 112 g/mol. The average molecular weight is 123 g/mol. The molecule has 0 rings (SSSR count). The van der Waals surface area contributed by atoms with Crippen molar-refractivity contribution in [2.45, 2.75) is 19.6 Å². The van der Waals surface area contributed by atoms with Crippen LogP contribution in [0.3, 0.4) is 0 Å². The number of nitrogens with two attached hydrogens (primary N) is 1. The fourth-order valence-corrected chi connectivity index (χ4v) is 0. The van der Waals surface area contributed by atoms with Gasteiger partial charge in [-0.25, -0.2) is 0 Å². The molecule has 0 spiro atoms. The molecule has 7 heavy (non-hydrogen) atoms. The van der Waals surface area contributed by atoms with Gasteiger partial charge in [0.05, 0.1) is 0 Å². The Balaban J connectivity index is -0.0000000800. The Morgan fingerprint density at radius 3 is 1.71 bits per heavy atom. The van der Waals surface area contributed by atoms with E-state index in [0.29, 0.717) is 6.42 Å². The first-order valence-electron chi connectivity index (χ1n) is 1.71. The number of rotatable bonds is 1. The van der Waals surface area contributed by atoms with E-state index in [1.54, 1.807) is 0 Å². The van der Waals surface area contributed by atoms with Gasteiger partial charge in [-0.3, -0.25) is 0 Å². The van der Waals surface area contributed by atoms with Crippen molar-refractivity contribution in [3.05, 3.63) is 0 Å². The van der Waals surface area contributed by atoms with E-state index in [1.807, 2.05) is 6.92 Å². The summed E-state index contributed by atoms with van der Waals surface area (Å²) in [5, 5.41) is 8.14. The molecule has 0 saturated carbocycles. The van der Waals surface area contributed by atoms with Crippen LogP contribution in [-0.2, 0) is 0 Å². The van der Waals surface area contributed by atoms with Crippen LogP contribution in [0, 0.1) is 0 Å². The Labute approximate surface area is 88.4 Å². The fraction of sp³-hybridized carbons (Fsp3) is 1.00. The summed E-state index contributed by atoms with van der Waals surface area (Å²) in [6.07, 6.45) is 0.0231. The molecule has 0 heterocycles. The zero-order valence-corrected chi connectivity index (χ0v) is 3.31. The van der Waals surface area contributed by atoms with Crippen molar-refractivity contribution in [2.75, 3.05) is 0 Å². The molecule has 0 aliphatic carbocycles. The number of aliphatic hydroxyl groups is 1. The van der Waals surface area contributed by atoms with Crippen molar-refractivity contribution in [2.24, 2.45) is 5.73 Å². The van der Waals surface area contributed by atoms with Crippen LogP contribution in [0.1, 0.15) is 13.3 Å². The molecule has 1 unspecified atom stereocenters. The number of hydrogen-bond donors (Lipinski definition) is 2. The Bertz CT molecular complexity index is 26.9. The normalized spacial score (nSPS) is 10.7. The molecule has 0 saturated heterocycles. The molecule has 0 aliphatic rings. The first-order valence-corrected chi connectivity index (χ1v) is 1.71. The second-order valence-electron chi connectivity index (χ2n) is 0.976. The Hall–Kier alpha value is 1.92. The monoisotopic (exact) mass is 123 g/mol. The number of hydrogen-bond acceptors (Lipinski definition) is 2. The van der Waals surface area contributed by atoms with Crippen LogP contribution < -0.4 is 5.73 Å². The summed E-state index contributed by atoms with van der Waals surface area (Å²) in [4.78, 5) is 0. The minimum absolute atomic E-state index is 0. The Morgan fingerprint density at radius 2 is 1.71 bits per heavy atom. The SMILES string of the molecule is CCC(N)O.[NaH].[NaH]. The summed E-state index contributed by atoms with van der Waals surface area (Å²) in [6, 6.07) is 0. The van der Waals surface area contributed by atoms with Crippen molar-refractivity contribution in [3.8, 4) is 0 Å². The van der Waals surface area contributed by atoms with Gasteiger partial charge >= 0.3 is 59.1 Å². The van der Waals surface area contributed by atoms with Gasteiger partial charge in [-0.1, -0.05) is 6.92 Å². The summed E-state index contributed by atoms with van der Waals surface area (Å²) in [5.41, 5.74) is 4.85. The van der Waals surface area contributed by atoms with Gasteiger partial charge in [0.2, 0.25) is 0 Å². The van der Waals surface area contributed by atoms with E-state index in [1.165, 1.54) is 0 Å². The van der Waals surface area contributed by atoms with Crippen molar-refractivity contribution in [1.29, 1.82) is 0 Å². The van der Waals surface area contributed by atoms with Gasteiger partial charge in [-0.15, -0.1) is 0 Å². The van der Waals surface area contributed by atoms with Crippen LogP contribution in [-0.4, -0.2) is 70.4 Å².